The van der Waals surface area contributed by atoms with Gasteiger partial charge in [-0.2, -0.15) is 18.2 Å². The molecular weight excluding hydrogens is 311 g/mol. The first-order valence-electron chi connectivity index (χ1n) is 7.21. The molecule has 1 fully saturated rings. The maximum Gasteiger partial charge on any atom is 0.416 e. The van der Waals surface area contributed by atoms with E-state index in [-0.39, 0.29) is 6.04 Å². The van der Waals surface area contributed by atoms with E-state index in [1.807, 2.05) is 0 Å². The number of halogens is 3. The summed E-state index contributed by atoms with van der Waals surface area (Å²) in [6.07, 6.45) is -4.32. The lowest BCUT2D eigenvalue weighted by molar-refractivity contribution is -0.137. The molecule has 0 aliphatic carbocycles. The fourth-order valence-corrected chi connectivity index (χ4v) is 2.55. The minimum absolute atomic E-state index is 0.163. The van der Waals surface area contributed by atoms with Crippen LogP contribution in [-0.4, -0.2) is 34.8 Å². The second-order valence-corrected chi connectivity index (χ2v) is 5.43. The molecular formula is C15H16F3N3O2. The molecule has 0 amide bonds. The van der Waals surface area contributed by atoms with Gasteiger partial charge in [0, 0.05) is 20.0 Å². The number of rotatable bonds is 3. The SMILES string of the molecule is Cc1nc(C2COCCN2Cc2ccc(C(F)(F)F)cc2)no1. The molecule has 124 valence electrons. The van der Waals surface area contributed by atoms with Gasteiger partial charge in [-0.25, -0.2) is 0 Å². The van der Waals surface area contributed by atoms with Crippen molar-refractivity contribution < 1.29 is 22.4 Å². The monoisotopic (exact) mass is 327 g/mol. The highest BCUT2D eigenvalue weighted by Crippen LogP contribution is 2.30. The molecule has 1 aromatic carbocycles. The van der Waals surface area contributed by atoms with Crippen LogP contribution in [-0.2, 0) is 17.5 Å². The van der Waals surface area contributed by atoms with Gasteiger partial charge in [-0.1, -0.05) is 17.3 Å². The third kappa shape index (κ3) is 3.70. The zero-order chi connectivity index (χ0) is 16.4. The number of aryl methyl sites for hydroxylation is 1. The van der Waals surface area contributed by atoms with Crippen LogP contribution < -0.4 is 0 Å². The Bertz CT molecular complexity index is 655. The number of nitrogens with zero attached hydrogens (tertiary/aromatic N) is 3. The Balaban J connectivity index is 1.74. The number of hydrogen-bond donors (Lipinski definition) is 0. The lowest BCUT2D eigenvalue weighted by atomic mass is 10.1. The van der Waals surface area contributed by atoms with Crippen LogP contribution in [0, 0.1) is 6.92 Å². The lowest BCUT2D eigenvalue weighted by Crippen LogP contribution is -2.39. The summed E-state index contributed by atoms with van der Waals surface area (Å²) in [5.41, 5.74) is 0.152. The first kappa shape index (κ1) is 15.9. The molecule has 8 heteroatoms. The summed E-state index contributed by atoms with van der Waals surface area (Å²) in [5.74, 6) is 1.01. The van der Waals surface area contributed by atoms with Crippen molar-refractivity contribution in [1.29, 1.82) is 0 Å². The van der Waals surface area contributed by atoms with E-state index in [9.17, 15) is 13.2 Å². The first-order valence-corrected chi connectivity index (χ1v) is 7.21. The molecule has 0 radical (unpaired) electrons. The summed E-state index contributed by atoms with van der Waals surface area (Å²) in [4.78, 5) is 6.30. The highest BCUT2D eigenvalue weighted by atomic mass is 19.4. The molecule has 3 rings (SSSR count). The summed E-state index contributed by atoms with van der Waals surface area (Å²) < 4.78 is 48.3. The quantitative estimate of drug-likeness (QED) is 0.867. The van der Waals surface area contributed by atoms with Crippen LogP contribution in [0.4, 0.5) is 13.2 Å². The second kappa shape index (κ2) is 6.29. The lowest BCUT2D eigenvalue weighted by Gasteiger charge is -2.33. The molecule has 0 saturated carbocycles. The van der Waals surface area contributed by atoms with Crippen molar-refractivity contribution in [2.75, 3.05) is 19.8 Å². The minimum atomic E-state index is -4.32. The van der Waals surface area contributed by atoms with Crippen molar-refractivity contribution in [3.05, 3.63) is 47.1 Å². The van der Waals surface area contributed by atoms with Gasteiger partial charge in [-0.3, -0.25) is 4.90 Å². The molecule has 23 heavy (non-hydrogen) atoms. The van der Waals surface area contributed by atoms with Crippen molar-refractivity contribution in [2.45, 2.75) is 25.7 Å². The van der Waals surface area contributed by atoms with Crippen LogP contribution in [0.15, 0.2) is 28.8 Å². The van der Waals surface area contributed by atoms with Crippen molar-refractivity contribution in [1.82, 2.24) is 15.0 Å². The van der Waals surface area contributed by atoms with Crippen LogP contribution in [0.25, 0.3) is 0 Å². The Kier molecular flexibility index (Phi) is 4.36. The van der Waals surface area contributed by atoms with Gasteiger partial charge >= 0.3 is 6.18 Å². The number of morpholine rings is 1. The fourth-order valence-electron chi connectivity index (χ4n) is 2.55. The molecule has 1 aromatic heterocycles. The van der Waals surface area contributed by atoms with E-state index in [2.05, 4.69) is 15.0 Å². The van der Waals surface area contributed by atoms with Crippen LogP contribution in [0.1, 0.15) is 28.9 Å². The smallest absolute Gasteiger partial charge is 0.378 e. The van der Waals surface area contributed by atoms with Crippen molar-refractivity contribution >= 4 is 0 Å². The minimum Gasteiger partial charge on any atom is -0.378 e. The summed E-state index contributed by atoms with van der Waals surface area (Å²) in [6, 6.07) is 5.03. The third-order valence-corrected chi connectivity index (χ3v) is 3.75. The molecule has 5 nitrogen and oxygen atoms in total. The third-order valence-electron chi connectivity index (χ3n) is 3.75. The van der Waals surface area contributed by atoms with E-state index in [4.69, 9.17) is 9.26 Å². The summed E-state index contributed by atoms with van der Waals surface area (Å²) in [5, 5.41) is 3.92. The molecule has 0 N–H and O–H groups in total. The highest BCUT2D eigenvalue weighted by Gasteiger charge is 2.31. The van der Waals surface area contributed by atoms with Crippen molar-refractivity contribution in [3.63, 3.8) is 0 Å². The Morgan fingerprint density at radius 1 is 1.26 bits per heavy atom. The molecule has 1 unspecified atom stereocenters. The van der Waals surface area contributed by atoms with Crippen LogP contribution in [0.2, 0.25) is 0 Å². The predicted octanol–water partition coefficient (Wildman–Crippen LogP) is 2.97. The van der Waals surface area contributed by atoms with Gasteiger partial charge in [0.15, 0.2) is 5.82 Å². The van der Waals surface area contributed by atoms with Crippen molar-refractivity contribution in [3.8, 4) is 0 Å². The van der Waals surface area contributed by atoms with Gasteiger partial charge in [0.2, 0.25) is 5.89 Å². The Morgan fingerprint density at radius 3 is 2.61 bits per heavy atom. The first-order chi connectivity index (χ1) is 10.9. The van der Waals surface area contributed by atoms with Gasteiger partial charge in [-0.15, -0.1) is 0 Å². The van der Waals surface area contributed by atoms with Crippen LogP contribution in [0.3, 0.4) is 0 Å². The summed E-state index contributed by atoms with van der Waals surface area (Å²) in [6.45, 7) is 3.85. The van der Waals surface area contributed by atoms with E-state index in [0.29, 0.717) is 38.0 Å². The molecule has 1 aliphatic rings. The average Bonchev–Trinajstić information content (AvgIpc) is 2.94. The Morgan fingerprint density at radius 2 is 2.00 bits per heavy atom. The topological polar surface area (TPSA) is 51.4 Å². The predicted molar refractivity (Wildman–Crippen MR) is 74.4 cm³/mol. The van der Waals surface area contributed by atoms with Gasteiger partial charge in [0.25, 0.3) is 0 Å². The standard InChI is InChI=1S/C15H16F3N3O2/c1-10-19-14(20-23-10)13-9-22-7-6-21(13)8-11-2-4-12(5-3-11)15(16,17)18/h2-5,13H,6-9H2,1H3. The Hall–Kier alpha value is -1.93. The summed E-state index contributed by atoms with van der Waals surface area (Å²) in [7, 11) is 0. The van der Waals surface area contributed by atoms with Gasteiger partial charge in [0.1, 0.15) is 0 Å². The molecule has 0 bridgehead atoms. The number of aromatic nitrogens is 2. The molecule has 2 heterocycles. The number of alkyl halides is 3. The number of hydrogen-bond acceptors (Lipinski definition) is 5. The normalized spacial score (nSPS) is 19.9. The highest BCUT2D eigenvalue weighted by molar-refractivity contribution is 5.24. The number of benzene rings is 1. The molecule has 1 atom stereocenters. The van der Waals surface area contributed by atoms with E-state index in [1.54, 1.807) is 6.92 Å². The maximum atomic E-state index is 12.6. The molecule has 1 aliphatic heterocycles. The van der Waals surface area contributed by atoms with Crippen molar-refractivity contribution in [2.24, 2.45) is 0 Å². The van der Waals surface area contributed by atoms with E-state index in [0.717, 1.165) is 17.7 Å². The maximum absolute atomic E-state index is 12.6. The number of ether oxygens (including phenoxy) is 1. The molecule has 1 saturated heterocycles. The second-order valence-electron chi connectivity index (χ2n) is 5.43. The Labute approximate surface area is 131 Å². The zero-order valence-electron chi connectivity index (χ0n) is 12.5. The van der Waals surface area contributed by atoms with Crippen LogP contribution >= 0.6 is 0 Å². The largest absolute Gasteiger partial charge is 0.416 e. The van der Waals surface area contributed by atoms with Gasteiger partial charge in [-0.05, 0) is 17.7 Å². The molecule has 2 aromatic rings. The van der Waals surface area contributed by atoms with Gasteiger partial charge < -0.3 is 9.26 Å². The van der Waals surface area contributed by atoms with E-state index >= 15 is 0 Å². The van der Waals surface area contributed by atoms with Gasteiger partial charge in [0.05, 0.1) is 24.8 Å². The fraction of sp³-hybridized carbons (Fsp3) is 0.467. The van der Waals surface area contributed by atoms with E-state index in [1.165, 1.54) is 12.1 Å². The average molecular weight is 327 g/mol. The van der Waals surface area contributed by atoms with E-state index < -0.39 is 11.7 Å². The summed E-state index contributed by atoms with van der Waals surface area (Å²) >= 11 is 0. The van der Waals surface area contributed by atoms with Crippen LogP contribution in [0.5, 0.6) is 0 Å². The molecule has 0 spiro atoms. The zero-order valence-corrected chi connectivity index (χ0v) is 12.5.